The first-order chi connectivity index (χ1) is 13.4. The molecule has 2 rings (SSSR count). The number of rotatable bonds is 9. The Kier molecular flexibility index (Phi) is 7.26. The van der Waals surface area contributed by atoms with Gasteiger partial charge in [0.2, 0.25) is 11.7 Å². The second kappa shape index (κ2) is 9.64. The smallest absolute Gasteiger partial charge is 0.306 e. The van der Waals surface area contributed by atoms with Crippen LogP contribution in [-0.2, 0) is 22.4 Å². The van der Waals surface area contributed by atoms with Gasteiger partial charge in [-0.1, -0.05) is 19.1 Å². The highest BCUT2D eigenvalue weighted by atomic mass is 16.5. The van der Waals surface area contributed by atoms with Crippen molar-refractivity contribution in [3.05, 3.63) is 47.5 Å². The van der Waals surface area contributed by atoms with Gasteiger partial charge in [0.05, 0.1) is 33.7 Å². The molecule has 0 aliphatic heterocycles. The van der Waals surface area contributed by atoms with E-state index in [0.29, 0.717) is 29.4 Å². The van der Waals surface area contributed by atoms with Crippen LogP contribution in [0.4, 0.5) is 5.69 Å². The molecule has 2 N–H and O–H groups in total. The van der Waals surface area contributed by atoms with Crippen molar-refractivity contribution >= 4 is 17.6 Å². The lowest BCUT2D eigenvalue weighted by Crippen LogP contribution is -2.15. The van der Waals surface area contributed by atoms with Gasteiger partial charge in [0.15, 0.2) is 11.5 Å². The molecule has 7 nitrogen and oxygen atoms in total. The number of carboxylic acid groups (broad SMARTS) is 1. The normalized spacial score (nSPS) is 11.4. The van der Waals surface area contributed by atoms with Crippen molar-refractivity contribution in [2.45, 2.75) is 19.8 Å². The van der Waals surface area contributed by atoms with Gasteiger partial charge in [-0.2, -0.15) is 0 Å². The molecule has 0 radical (unpaired) electrons. The molecule has 0 bridgehead atoms. The van der Waals surface area contributed by atoms with E-state index in [4.69, 9.17) is 19.3 Å². The monoisotopic (exact) mass is 387 g/mol. The van der Waals surface area contributed by atoms with Gasteiger partial charge >= 0.3 is 5.97 Å². The number of methoxy groups -OCH3 is 3. The van der Waals surface area contributed by atoms with Crippen molar-refractivity contribution in [3.8, 4) is 17.2 Å². The van der Waals surface area contributed by atoms with E-state index in [1.165, 1.54) is 21.3 Å². The Bertz CT molecular complexity index is 806. The average Bonchev–Trinajstić information content (AvgIpc) is 2.68. The topological polar surface area (TPSA) is 94.1 Å². The third-order valence-corrected chi connectivity index (χ3v) is 4.29. The Labute approximate surface area is 164 Å². The van der Waals surface area contributed by atoms with Crippen molar-refractivity contribution in [1.82, 2.24) is 0 Å². The van der Waals surface area contributed by atoms with Crippen LogP contribution >= 0.6 is 0 Å². The van der Waals surface area contributed by atoms with Crippen LogP contribution in [0.3, 0.4) is 0 Å². The number of carbonyl (C=O) groups is 2. The third kappa shape index (κ3) is 5.39. The number of amides is 1. The molecule has 28 heavy (non-hydrogen) atoms. The van der Waals surface area contributed by atoms with Crippen molar-refractivity contribution in [3.63, 3.8) is 0 Å². The summed E-state index contributed by atoms with van der Waals surface area (Å²) >= 11 is 0. The summed E-state index contributed by atoms with van der Waals surface area (Å²) in [4.78, 5) is 23.3. The largest absolute Gasteiger partial charge is 0.493 e. The quantitative estimate of drug-likeness (QED) is 0.686. The second-order valence-corrected chi connectivity index (χ2v) is 6.40. The molecule has 1 amide bonds. The molecule has 1 unspecified atom stereocenters. The first-order valence-electron chi connectivity index (χ1n) is 8.78. The lowest BCUT2D eigenvalue weighted by molar-refractivity contribution is -0.141. The molecule has 0 aliphatic carbocycles. The van der Waals surface area contributed by atoms with Gasteiger partial charge in [-0.15, -0.1) is 0 Å². The van der Waals surface area contributed by atoms with E-state index in [-0.39, 0.29) is 12.3 Å². The molecule has 1 atom stereocenters. The minimum Gasteiger partial charge on any atom is -0.493 e. The summed E-state index contributed by atoms with van der Waals surface area (Å²) in [6.45, 7) is 1.66. The first-order valence-corrected chi connectivity index (χ1v) is 8.78. The lowest BCUT2D eigenvalue weighted by Gasteiger charge is -2.14. The molecule has 0 aliphatic rings. The highest BCUT2D eigenvalue weighted by Gasteiger charge is 2.15. The number of nitrogens with one attached hydrogen (secondary N) is 1. The minimum atomic E-state index is -0.831. The molecule has 2 aromatic rings. The molecule has 7 heteroatoms. The summed E-state index contributed by atoms with van der Waals surface area (Å²) in [6.07, 6.45) is 0.573. The average molecular weight is 387 g/mol. The van der Waals surface area contributed by atoms with E-state index in [2.05, 4.69) is 5.32 Å². The fraction of sp³-hybridized carbons (Fsp3) is 0.333. The summed E-state index contributed by atoms with van der Waals surface area (Å²) in [5, 5.41) is 11.8. The van der Waals surface area contributed by atoms with Gasteiger partial charge in [-0.3, -0.25) is 9.59 Å². The maximum absolute atomic E-state index is 12.4. The van der Waals surface area contributed by atoms with Gasteiger partial charge in [0.25, 0.3) is 0 Å². The van der Waals surface area contributed by atoms with Gasteiger partial charge < -0.3 is 24.6 Å². The van der Waals surface area contributed by atoms with Gasteiger partial charge in [-0.05, 0) is 41.8 Å². The molecule has 0 fully saturated rings. The number of carbonyl (C=O) groups excluding carboxylic acids is 1. The maximum Gasteiger partial charge on any atom is 0.306 e. The number of aliphatic carboxylic acids is 1. The molecule has 0 saturated carbocycles. The molecule has 0 aromatic heterocycles. The van der Waals surface area contributed by atoms with Crippen LogP contribution < -0.4 is 19.5 Å². The Morgan fingerprint density at radius 2 is 1.54 bits per heavy atom. The zero-order valence-electron chi connectivity index (χ0n) is 16.4. The number of carboxylic acids is 1. The van der Waals surface area contributed by atoms with Gasteiger partial charge in [0, 0.05) is 5.69 Å². The predicted octanol–water partition coefficient (Wildman–Crippen LogP) is 3.16. The van der Waals surface area contributed by atoms with Crippen molar-refractivity contribution in [2.75, 3.05) is 26.6 Å². The van der Waals surface area contributed by atoms with Gasteiger partial charge in [-0.25, -0.2) is 0 Å². The summed E-state index contributed by atoms with van der Waals surface area (Å²) in [5.74, 6) is -0.0347. The molecule has 0 saturated heterocycles. The second-order valence-electron chi connectivity index (χ2n) is 6.40. The highest BCUT2D eigenvalue weighted by molar-refractivity contribution is 5.92. The van der Waals surface area contributed by atoms with Crippen molar-refractivity contribution in [1.29, 1.82) is 0 Å². The minimum absolute atomic E-state index is 0.133. The zero-order chi connectivity index (χ0) is 20.7. The summed E-state index contributed by atoms with van der Waals surface area (Å²) in [6, 6.07) is 10.6. The molecule has 0 spiro atoms. The van der Waals surface area contributed by atoms with E-state index < -0.39 is 11.9 Å². The number of ether oxygens (including phenoxy) is 3. The van der Waals surface area contributed by atoms with Crippen LogP contribution in [-0.4, -0.2) is 38.3 Å². The fourth-order valence-electron chi connectivity index (χ4n) is 2.79. The van der Waals surface area contributed by atoms with Crippen LogP contribution in [0.1, 0.15) is 18.1 Å². The molecule has 2 aromatic carbocycles. The Balaban J connectivity index is 2.05. The number of benzene rings is 2. The van der Waals surface area contributed by atoms with E-state index in [0.717, 1.165) is 11.1 Å². The molecular weight excluding hydrogens is 362 g/mol. The van der Waals surface area contributed by atoms with Crippen LogP contribution in [0.25, 0.3) is 0 Å². The summed E-state index contributed by atoms with van der Waals surface area (Å²) < 4.78 is 15.9. The Morgan fingerprint density at radius 3 is 2.00 bits per heavy atom. The van der Waals surface area contributed by atoms with E-state index in [9.17, 15) is 9.59 Å². The summed E-state index contributed by atoms with van der Waals surface area (Å²) in [7, 11) is 4.56. The van der Waals surface area contributed by atoms with E-state index in [1.807, 2.05) is 12.1 Å². The van der Waals surface area contributed by atoms with Crippen molar-refractivity contribution < 1.29 is 28.9 Å². The number of hydrogen-bond acceptors (Lipinski definition) is 5. The summed E-state index contributed by atoms with van der Waals surface area (Å²) in [5.41, 5.74) is 2.26. The SMILES string of the molecule is COc1cc(CC(=O)Nc2ccc(CC(C)C(=O)O)cc2)cc(OC)c1OC. The van der Waals surface area contributed by atoms with E-state index >= 15 is 0 Å². The van der Waals surface area contributed by atoms with Crippen LogP contribution in [0.5, 0.6) is 17.2 Å². The maximum atomic E-state index is 12.4. The number of hydrogen-bond donors (Lipinski definition) is 2. The first kappa shape index (κ1) is 21.1. The molecule has 0 heterocycles. The molecular formula is C21H25NO6. The third-order valence-electron chi connectivity index (χ3n) is 4.29. The molecule has 150 valence electrons. The van der Waals surface area contributed by atoms with Crippen LogP contribution in [0.15, 0.2) is 36.4 Å². The van der Waals surface area contributed by atoms with Crippen molar-refractivity contribution in [2.24, 2.45) is 5.92 Å². The standard InChI is InChI=1S/C21H25NO6/c1-13(21(24)25)9-14-5-7-16(8-6-14)22-19(23)12-15-10-17(26-2)20(28-4)18(11-15)27-3/h5-8,10-11,13H,9,12H2,1-4H3,(H,22,23)(H,24,25). The zero-order valence-corrected chi connectivity index (χ0v) is 16.4. The number of anilines is 1. The Hall–Kier alpha value is -3.22. The predicted molar refractivity (Wildman–Crippen MR) is 105 cm³/mol. The lowest BCUT2D eigenvalue weighted by atomic mass is 10.0. The van der Waals surface area contributed by atoms with Crippen LogP contribution in [0, 0.1) is 5.92 Å². The highest BCUT2D eigenvalue weighted by Crippen LogP contribution is 2.38. The fourth-order valence-corrected chi connectivity index (χ4v) is 2.79. The van der Waals surface area contributed by atoms with Gasteiger partial charge in [0.1, 0.15) is 0 Å². The van der Waals surface area contributed by atoms with Crippen LogP contribution in [0.2, 0.25) is 0 Å². The Morgan fingerprint density at radius 1 is 0.964 bits per heavy atom. The van der Waals surface area contributed by atoms with E-state index in [1.54, 1.807) is 31.2 Å².